The van der Waals surface area contributed by atoms with E-state index in [1.165, 1.54) is 18.9 Å². The fourth-order valence-electron chi connectivity index (χ4n) is 2.60. The minimum absolute atomic E-state index is 0.0965. The third-order valence-corrected chi connectivity index (χ3v) is 3.86. The maximum absolute atomic E-state index is 13.5. The van der Waals surface area contributed by atoms with Gasteiger partial charge in [0.2, 0.25) is 0 Å². The number of likely N-dealkylation sites (tertiary alicyclic amines) is 1. The van der Waals surface area contributed by atoms with Crippen molar-refractivity contribution in [1.82, 2.24) is 4.90 Å². The van der Waals surface area contributed by atoms with Gasteiger partial charge in [-0.3, -0.25) is 4.90 Å². The quantitative estimate of drug-likeness (QED) is 0.901. The second-order valence-corrected chi connectivity index (χ2v) is 5.06. The summed E-state index contributed by atoms with van der Waals surface area (Å²) in [5, 5.41) is 0.166. The zero-order chi connectivity index (χ0) is 12.4. The number of rotatable bonds is 3. The molecule has 0 bridgehead atoms. The molecule has 0 spiro atoms. The average molecular weight is 257 g/mol. The number of hydrogen-bond acceptors (Lipinski definition) is 2. The third-order valence-electron chi connectivity index (χ3n) is 3.56. The van der Waals surface area contributed by atoms with Crippen LogP contribution in [0.2, 0.25) is 5.02 Å². The second kappa shape index (κ2) is 5.34. The van der Waals surface area contributed by atoms with Gasteiger partial charge in [0.1, 0.15) is 5.82 Å². The Labute approximate surface area is 107 Å². The Bertz CT molecular complexity index is 397. The lowest BCUT2D eigenvalue weighted by molar-refractivity contribution is 0.195. The molecule has 1 aromatic rings. The zero-order valence-electron chi connectivity index (χ0n) is 10.00. The second-order valence-electron chi connectivity index (χ2n) is 4.65. The standard InChI is InChI=1S/C13H18ClFN2/c1-9-3-2-6-17(9)13(8-16)10-4-5-11(14)12(15)7-10/h4-5,7,9,13H,2-3,6,8,16H2,1H3. The van der Waals surface area contributed by atoms with Crippen molar-refractivity contribution in [3.05, 3.63) is 34.6 Å². The predicted molar refractivity (Wildman–Crippen MR) is 68.6 cm³/mol. The maximum atomic E-state index is 13.5. The van der Waals surface area contributed by atoms with E-state index < -0.39 is 0 Å². The molecule has 0 amide bonds. The number of benzene rings is 1. The summed E-state index contributed by atoms with van der Waals surface area (Å²) in [6.07, 6.45) is 2.38. The van der Waals surface area contributed by atoms with E-state index in [4.69, 9.17) is 17.3 Å². The molecular weight excluding hydrogens is 239 g/mol. The van der Waals surface area contributed by atoms with Crippen molar-refractivity contribution in [2.24, 2.45) is 5.73 Å². The van der Waals surface area contributed by atoms with Gasteiger partial charge in [0.25, 0.3) is 0 Å². The molecule has 0 aliphatic carbocycles. The smallest absolute Gasteiger partial charge is 0.142 e. The van der Waals surface area contributed by atoms with E-state index in [0.29, 0.717) is 12.6 Å². The van der Waals surface area contributed by atoms with Gasteiger partial charge in [-0.1, -0.05) is 17.7 Å². The summed E-state index contributed by atoms with van der Waals surface area (Å²) in [6.45, 7) is 3.74. The van der Waals surface area contributed by atoms with Crippen molar-refractivity contribution in [2.75, 3.05) is 13.1 Å². The van der Waals surface area contributed by atoms with Crippen LogP contribution in [0.15, 0.2) is 18.2 Å². The summed E-state index contributed by atoms with van der Waals surface area (Å²) in [5.41, 5.74) is 6.76. The highest BCUT2D eigenvalue weighted by molar-refractivity contribution is 6.30. The molecule has 1 heterocycles. The van der Waals surface area contributed by atoms with Crippen molar-refractivity contribution in [3.63, 3.8) is 0 Å². The van der Waals surface area contributed by atoms with E-state index in [0.717, 1.165) is 12.1 Å². The molecule has 2 atom stereocenters. The van der Waals surface area contributed by atoms with E-state index in [1.54, 1.807) is 6.07 Å². The summed E-state index contributed by atoms with van der Waals surface area (Å²) in [6, 6.07) is 5.59. The zero-order valence-corrected chi connectivity index (χ0v) is 10.8. The van der Waals surface area contributed by atoms with Crippen LogP contribution in [0.4, 0.5) is 4.39 Å². The SMILES string of the molecule is CC1CCCN1C(CN)c1ccc(Cl)c(F)c1. The third kappa shape index (κ3) is 2.62. The Kier molecular flexibility index (Phi) is 4.02. The van der Waals surface area contributed by atoms with E-state index >= 15 is 0 Å². The van der Waals surface area contributed by atoms with Gasteiger partial charge in [-0.2, -0.15) is 0 Å². The summed E-state index contributed by atoms with van der Waals surface area (Å²) >= 11 is 5.70. The molecule has 2 rings (SSSR count). The highest BCUT2D eigenvalue weighted by Crippen LogP contribution is 2.30. The highest BCUT2D eigenvalue weighted by atomic mass is 35.5. The van der Waals surface area contributed by atoms with E-state index in [9.17, 15) is 4.39 Å². The molecular formula is C13H18ClFN2. The Morgan fingerprint density at radius 3 is 2.88 bits per heavy atom. The van der Waals surface area contributed by atoms with Crippen LogP contribution in [0.5, 0.6) is 0 Å². The first-order valence-corrected chi connectivity index (χ1v) is 6.42. The van der Waals surface area contributed by atoms with Crippen LogP contribution >= 0.6 is 11.6 Å². The van der Waals surface area contributed by atoms with Gasteiger partial charge in [0.05, 0.1) is 5.02 Å². The Balaban J connectivity index is 2.25. The van der Waals surface area contributed by atoms with Crippen molar-refractivity contribution >= 4 is 11.6 Å². The van der Waals surface area contributed by atoms with Crippen LogP contribution in [0.3, 0.4) is 0 Å². The van der Waals surface area contributed by atoms with Gasteiger partial charge in [0.15, 0.2) is 0 Å². The number of nitrogens with two attached hydrogens (primary N) is 1. The Morgan fingerprint density at radius 1 is 1.59 bits per heavy atom. The van der Waals surface area contributed by atoms with Crippen LogP contribution in [0.1, 0.15) is 31.4 Å². The summed E-state index contributed by atoms with van der Waals surface area (Å²) in [5.74, 6) is -0.366. The van der Waals surface area contributed by atoms with Crippen LogP contribution < -0.4 is 5.73 Å². The monoisotopic (exact) mass is 256 g/mol. The van der Waals surface area contributed by atoms with Crippen molar-refractivity contribution < 1.29 is 4.39 Å². The number of hydrogen-bond donors (Lipinski definition) is 1. The molecule has 1 fully saturated rings. The normalized spacial score (nSPS) is 22.9. The first-order valence-electron chi connectivity index (χ1n) is 6.04. The molecule has 1 aliphatic rings. The molecule has 1 saturated heterocycles. The van der Waals surface area contributed by atoms with Crippen LogP contribution in [0.25, 0.3) is 0 Å². The van der Waals surface area contributed by atoms with Crippen LogP contribution in [0, 0.1) is 5.82 Å². The molecule has 4 heteroatoms. The van der Waals surface area contributed by atoms with Gasteiger partial charge in [0, 0.05) is 18.6 Å². The van der Waals surface area contributed by atoms with Gasteiger partial charge < -0.3 is 5.73 Å². The first kappa shape index (κ1) is 12.8. The van der Waals surface area contributed by atoms with E-state index in [2.05, 4.69) is 11.8 Å². The molecule has 17 heavy (non-hydrogen) atoms. The Morgan fingerprint density at radius 2 is 2.35 bits per heavy atom. The van der Waals surface area contributed by atoms with Crippen molar-refractivity contribution in [2.45, 2.75) is 31.8 Å². The predicted octanol–water partition coefficient (Wildman–Crippen LogP) is 2.96. The van der Waals surface area contributed by atoms with E-state index in [1.807, 2.05) is 6.07 Å². The average Bonchev–Trinajstić information content (AvgIpc) is 2.71. The summed E-state index contributed by atoms with van der Waals surface area (Å²) in [4.78, 5) is 2.35. The molecule has 1 aromatic carbocycles. The number of nitrogens with zero attached hydrogens (tertiary/aromatic N) is 1. The van der Waals surface area contributed by atoms with Gasteiger partial charge in [-0.05, 0) is 44.0 Å². The lowest BCUT2D eigenvalue weighted by atomic mass is 10.0. The van der Waals surface area contributed by atoms with Crippen LogP contribution in [-0.4, -0.2) is 24.0 Å². The molecule has 2 nitrogen and oxygen atoms in total. The summed E-state index contributed by atoms with van der Waals surface area (Å²) in [7, 11) is 0. The van der Waals surface area contributed by atoms with Crippen molar-refractivity contribution in [3.8, 4) is 0 Å². The molecule has 0 radical (unpaired) electrons. The minimum atomic E-state index is -0.366. The fraction of sp³-hybridized carbons (Fsp3) is 0.538. The highest BCUT2D eigenvalue weighted by Gasteiger charge is 2.28. The van der Waals surface area contributed by atoms with Crippen LogP contribution in [-0.2, 0) is 0 Å². The molecule has 2 unspecified atom stereocenters. The lowest BCUT2D eigenvalue weighted by Gasteiger charge is -2.30. The van der Waals surface area contributed by atoms with E-state index in [-0.39, 0.29) is 16.9 Å². The largest absolute Gasteiger partial charge is 0.329 e. The molecule has 0 saturated carbocycles. The molecule has 0 aromatic heterocycles. The topological polar surface area (TPSA) is 29.3 Å². The summed E-state index contributed by atoms with van der Waals surface area (Å²) < 4.78 is 13.5. The fourth-order valence-corrected chi connectivity index (χ4v) is 2.72. The minimum Gasteiger partial charge on any atom is -0.329 e. The molecule has 1 aliphatic heterocycles. The van der Waals surface area contributed by atoms with Gasteiger partial charge in [-0.25, -0.2) is 4.39 Å². The van der Waals surface area contributed by atoms with Crippen molar-refractivity contribution in [1.29, 1.82) is 0 Å². The molecule has 2 N–H and O–H groups in total. The lowest BCUT2D eigenvalue weighted by Crippen LogP contribution is -2.36. The Hall–Kier alpha value is -0.640. The van der Waals surface area contributed by atoms with Gasteiger partial charge >= 0.3 is 0 Å². The maximum Gasteiger partial charge on any atom is 0.142 e. The van der Waals surface area contributed by atoms with Gasteiger partial charge in [-0.15, -0.1) is 0 Å². The first-order chi connectivity index (χ1) is 8.13. The molecule has 94 valence electrons. The number of halogens is 2.